The smallest absolute Gasteiger partial charge is 0.270 e. The van der Waals surface area contributed by atoms with Gasteiger partial charge in [-0.05, 0) is 41.1 Å². The van der Waals surface area contributed by atoms with Gasteiger partial charge in [-0.2, -0.15) is 0 Å². The molecule has 32 heavy (non-hydrogen) atoms. The van der Waals surface area contributed by atoms with Gasteiger partial charge in [-0.1, -0.05) is 54.6 Å². The minimum Gasteiger partial charge on any atom is -0.339 e. The van der Waals surface area contributed by atoms with Crippen molar-refractivity contribution in [2.45, 2.75) is 6.54 Å². The fraction of sp³-hybridized carbons (Fsp3) is 0.0769. The van der Waals surface area contributed by atoms with Crippen LogP contribution in [0, 0.1) is 0 Å². The number of hydrogen-bond donors (Lipinski definition) is 2. The fourth-order valence-corrected chi connectivity index (χ4v) is 4.37. The molecular formula is C26H20ClN3O2. The van der Waals surface area contributed by atoms with Gasteiger partial charge in [0.15, 0.2) is 0 Å². The number of halogens is 1. The lowest BCUT2D eigenvalue weighted by atomic mass is 10.0. The number of para-hydroxylation sites is 1. The summed E-state index contributed by atoms with van der Waals surface area (Å²) in [6.45, 7) is 0.679. The van der Waals surface area contributed by atoms with Gasteiger partial charge in [-0.3, -0.25) is 20.4 Å². The Morgan fingerprint density at radius 2 is 1.41 bits per heavy atom. The number of nitrogens with one attached hydrogen (secondary N) is 2. The summed E-state index contributed by atoms with van der Waals surface area (Å²) in [5, 5.41) is 3.82. The van der Waals surface area contributed by atoms with E-state index in [1.165, 1.54) is 0 Å². The van der Waals surface area contributed by atoms with Gasteiger partial charge in [0.1, 0.15) is 0 Å². The van der Waals surface area contributed by atoms with Crippen molar-refractivity contribution in [1.29, 1.82) is 0 Å². The van der Waals surface area contributed by atoms with Crippen LogP contribution in [0.5, 0.6) is 0 Å². The maximum atomic E-state index is 12.8. The second-order valence-corrected chi connectivity index (χ2v) is 7.90. The molecule has 0 bridgehead atoms. The molecule has 0 fully saturated rings. The van der Waals surface area contributed by atoms with Crippen LogP contribution in [0.1, 0.15) is 20.7 Å². The molecule has 5 aromatic rings. The standard InChI is InChI=1S/C26H20ClN3O2/c27-14-15-30-23-11-4-3-9-20(23)22-16-18(12-13-24(22)30)25(31)28-29-26(32)21-10-5-7-17-6-1-2-8-19(17)21/h1-13,16H,14-15H2,(H,28,31)(H,29,32). The zero-order chi connectivity index (χ0) is 22.1. The third-order valence-corrected chi connectivity index (χ3v) is 5.84. The summed E-state index contributed by atoms with van der Waals surface area (Å²) in [6.07, 6.45) is 0. The molecule has 4 aromatic carbocycles. The van der Waals surface area contributed by atoms with E-state index < -0.39 is 0 Å². The number of carbonyl (C=O) groups is 2. The zero-order valence-electron chi connectivity index (χ0n) is 17.1. The Balaban J connectivity index is 1.41. The molecule has 2 amide bonds. The Hall–Kier alpha value is -3.83. The van der Waals surface area contributed by atoms with E-state index in [9.17, 15) is 9.59 Å². The van der Waals surface area contributed by atoms with E-state index in [-0.39, 0.29) is 11.8 Å². The maximum Gasteiger partial charge on any atom is 0.270 e. The van der Waals surface area contributed by atoms with Crippen LogP contribution < -0.4 is 10.9 Å². The Morgan fingerprint density at radius 1 is 0.719 bits per heavy atom. The Bertz CT molecular complexity index is 1480. The molecule has 1 aromatic heterocycles. The number of rotatable bonds is 4. The Labute approximate surface area is 189 Å². The van der Waals surface area contributed by atoms with E-state index in [1.807, 2.05) is 72.8 Å². The quantitative estimate of drug-likeness (QED) is 0.295. The summed E-state index contributed by atoms with van der Waals surface area (Å²) in [6, 6.07) is 26.7. The summed E-state index contributed by atoms with van der Waals surface area (Å²) >= 11 is 6.01. The molecule has 0 atom stereocenters. The lowest BCUT2D eigenvalue weighted by molar-refractivity contribution is 0.0847. The number of benzene rings is 4. The second kappa shape index (κ2) is 8.36. The summed E-state index contributed by atoms with van der Waals surface area (Å²) in [4.78, 5) is 25.5. The number of nitrogens with zero attached hydrogens (tertiary/aromatic N) is 1. The number of aromatic nitrogens is 1. The Kier molecular flexibility index (Phi) is 5.25. The first-order valence-electron chi connectivity index (χ1n) is 10.3. The molecule has 0 saturated heterocycles. The van der Waals surface area contributed by atoms with Crippen molar-refractivity contribution in [3.63, 3.8) is 0 Å². The average molecular weight is 442 g/mol. The van der Waals surface area contributed by atoms with Gasteiger partial charge in [0.05, 0.1) is 0 Å². The molecule has 0 aliphatic carbocycles. The van der Waals surface area contributed by atoms with Crippen molar-refractivity contribution in [2.75, 3.05) is 5.88 Å². The SMILES string of the molecule is O=C(NNC(=O)c1cccc2ccccc12)c1ccc2c(c1)c1ccccc1n2CCCl. The van der Waals surface area contributed by atoms with Gasteiger partial charge < -0.3 is 4.57 Å². The van der Waals surface area contributed by atoms with Crippen molar-refractivity contribution in [2.24, 2.45) is 0 Å². The van der Waals surface area contributed by atoms with Crippen molar-refractivity contribution in [3.8, 4) is 0 Å². The van der Waals surface area contributed by atoms with Crippen molar-refractivity contribution in [1.82, 2.24) is 15.4 Å². The molecule has 1 heterocycles. The van der Waals surface area contributed by atoms with Crippen LogP contribution in [-0.2, 0) is 6.54 Å². The molecule has 0 aliphatic rings. The first-order valence-corrected chi connectivity index (χ1v) is 10.9. The molecule has 158 valence electrons. The predicted molar refractivity (Wildman–Crippen MR) is 129 cm³/mol. The van der Waals surface area contributed by atoms with Gasteiger partial charge in [-0.25, -0.2) is 0 Å². The highest BCUT2D eigenvalue weighted by Crippen LogP contribution is 2.29. The van der Waals surface area contributed by atoms with Crippen LogP contribution in [0.15, 0.2) is 84.9 Å². The summed E-state index contributed by atoms with van der Waals surface area (Å²) in [5.74, 6) is -0.249. The van der Waals surface area contributed by atoms with E-state index >= 15 is 0 Å². The number of amides is 2. The lowest BCUT2D eigenvalue weighted by Gasteiger charge is -2.10. The molecule has 0 unspecified atom stereocenters. The first kappa shape index (κ1) is 20.1. The summed E-state index contributed by atoms with van der Waals surface area (Å²) in [7, 11) is 0. The number of hydrazine groups is 1. The number of fused-ring (bicyclic) bond motifs is 4. The minimum absolute atomic E-state index is 0.366. The molecule has 0 spiro atoms. The van der Waals surface area contributed by atoms with Crippen LogP contribution in [0.25, 0.3) is 32.6 Å². The molecule has 0 aliphatic heterocycles. The van der Waals surface area contributed by atoms with Gasteiger partial charge in [0.25, 0.3) is 11.8 Å². The topological polar surface area (TPSA) is 63.1 Å². The zero-order valence-corrected chi connectivity index (χ0v) is 17.9. The largest absolute Gasteiger partial charge is 0.339 e. The second-order valence-electron chi connectivity index (χ2n) is 7.52. The summed E-state index contributed by atoms with van der Waals surface area (Å²) < 4.78 is 2.15. The average Bonchev–Trinajstić information content (AvgIpc) is 3.15. The third kappa shape index (κ3) is 3.47. The van der Waals surface area contributed by atoms with Crippen LogP contribution in [-0.4, -0.2) is 22.3 Å². The highest BCUT2D eigenvalue weighted by molar-refractivity contribution is 6.18. The lowest BCUT2D eigenvalue weighted by Crippen LogP contribution is -2.41. The van der Waals surface area contributed by atoms with Crippen molar-refractivity contribution < 1.29 is 9.59 Å². The molecule has 6 heteroatoms. The number of hydrogen-bond acceptors (Lipinski definition) is 2. The van der Waals surface area contributed by atoms with E-state index in [0.29, 0.717) is 23.6 Å². The highest BCUT2D eigenvalue weighted by Gasteiger charge is 2.15. The summed E-state index contributed by atoms with van der Waals surface area (Å²) in [5.41, 5.74) is 8.14. The molecule has 2 N–H and O–H groups in total. The van der Waals surface area contributed by atoms with Crippen LogP contribution in [0.3, 0.4) is 0 Å². The molecular weight excluding hydrogens is 422 g/mol. The number of aryl methyl sites for hydroxylation is 1. The first-order chi connectivity index (χ1) is 15.7. The fourth-order valence-electron chi connectivity index (χ4n) is 4.20. The predicted octanol–water partition coefficient (Wildman–Crippen LogP) is 5.26. The van der Waals surface area contributed by atoms with Crippen LogP contribution in [0.2, 0.25) is 0 Å². The Morgan fingerprint density at radius 3 is 2.25 bits per heavy atom. The van der Waals surface area contributed by atoms with E-state index in [4.69, 9.17) is 11.6 Å². The number of carbonyl (C=O) groups excluding carboxylic acids is 2. The molecule has 0 saturated carbocycles. The molecule has 0 radical (unpaired) electrons. The van der Waals surface area contributed by atoms with Crippen LogP contribution >= 0.6 is 11.6 Å². The van der Waals surface area contributed by atoms with Gasteiger partial charge in [-0.15, -0.1) is 11.6 Å². The molecule has 5 nitrogen and oxygen atoms in total. The van der Waals surface area contributed by atoms with E-state index in [2.05, 4.69) is 15.4 Å². The molecule has 5 rings (SSSR count). The van der Waals surface area contributed by atoms with E-state index in [1.54, 1.807) is 12.1 Å². The normalized spacial score (nSPS) is 11.2. The minimum atomic E-state index is -0.380. The number of alkyl halides is 1. The van der Waals surface area contributed by atoms with Gasteiger partial charge in [0.2, 0.25) is 0 Å². The monoisotopic (exact) mass is 441 g/mol. The van der Waals surface area contributed by atoms with Crippen LogP contribution in [0.4, 0.5) is 0 Å². The van der Waals surface area contributed by atoms with Gasteiger partial charge >= 0.3 is 0 Å². The highest BCUT2D eigenvalue weighted by atomic mass is 35.5. The maximum absolute atomic E-state index is 12.8. The van der Waals surface area contributed by atoms with E-state index in [0.717, 1.165) is 32.6 Å². The third-order valence-electron chi connectivity index (χ3n) is 5.67. The van der Waals surface area contributed by atoms with Crippen molar-refractivity contribution in [3.05, 3.63) is 96.1 Å². The van der Waals surface area contributed by atoms with Gasteiger partial charge in [0, 0.05) is 45.4 Å². The van der Waals surface area contributed by atoms with Crippen molar-refractivity contribution >= 4 is 56.0 Å².